The van der Waals surface area contributed by atoms with Crippen LogP contribution in [0.3, 0.4) is 0 Å². The van der Waals surface area contributed by atoms with Crippen LogP contribution in [-0.2, 0) is 0 Å². The fourth-order valence-corrected chi connectivity index (χ4v) is 3.38. The van der Waals surface area contributed by atoms with Gasteiger partial charge in [0.1, 0.15) is 5.69 Å². The van der Waals surface area contributed by atoms with Gasteiger partial charge in [0.2, 0.25) is 0 Å². The summed E-state index contributed by atoms with van der Waals surface area (Å²) in [6, 6.07) is 14.5. The number of aromatic amines is 1. The number of pyridine rings is 1. The Bertz CT molecular complexity index is 759. The van der Waals surface area contributed by atoms with Crippen LogP contribution in [0.1, 0.15) is 24.5 Å². The molecule has 1 aliphatic rings. The molecule has 0 aliphatic carbocycles. The van der Waals surface area contributed by atoms with Crippen molar-refractivity contribution in [2.24, 2.45) is 0 Å². The van der Waals surface area contributed by atoms with Gasteiger partial charge in [-0.25, -0.2) is 0 Å². The van der Waals surface area contributed by atoms with Crippen molar-refractivity contribution in [3.8, 4) is 22.4 Å². The van der Waals surface area contributed by atoms with E-state index in [1.165, 1.54) is 16.8 Å². The van der Waals surface area contributed by atoms with Crippen LogP contribution in [0.15, 0.2) is 54.9 Å². The lowest BCUT2D eigenvalue weighted by Gasteiger charge is -2.22. The Morgan fingerprint density at radius 3 is 2.35 bits per heavy atom. The number of piperidine rings is 1. The Kier molecular flexibility index (Phi) is 3.90. The zero-order valence-corrected chi connectivity index (χ0v) is 13.0. The summed E-state index contributed by atoms with van der Waals surface area (Å²) >= 11 is 0. The van der Waals surface area contributed by atoms with Crippen molar-refractivity contribution in [1.29, 1.82) is 0 Å². The average molecular weight is 304 g/mol. The minimum absolute atomic E-state index is 0.532. The molecule has 1 aromatic carbocycles. The molecule has 2 aromatic heterocycles. The Morgan fingerprint density at radius 1 is 0.870 bits per heavy atom. The fraction of sp³-hybridized carbons (Fsp3) is 0.263. The second-order valence-corrected chi connectivity index (χ2v) is 5.99. The molecule has 0 spiro atoms. The molecule has 0 saturated carbocycles. The van der Waals surface area contributed by atoms with Crippen molar-refractivity contribution < 1.29 is 0 Å². The second kappa shape index (κ2) is 6.34. The third-order valence-corrected chi connectivity index (χ3v) is 4.56. The number of hydrogen-bond acceptors (Lipinski definition) is 3. The van der Waals surface area contributed by atoms with Gasteiger partial charge in [-0.05, 0) is 43.6 Å². The number of H-pyrrole nitrogens is 1. The van der Waals surface area contributed by atoms with Crippen molar-refractivity contribution in [2.45, 2.75) is 18.8 Å². The van der Waals surface area contributed by atoms with Crippen molar-refractivity contribution in [3.05, 3.63) is 60.6 Å². The van der Waals surface area contributed by atoms with Crippen LogP contribution in [0.4, 0.5) is 0 Å². The normalized spacial score (nSPS) is 15.7. The first-order chi connectivity index (χ1) is 11.4. The van der Waals surface area contributed by atoms with Crippen molar-refractivity contribution in [2.75, 3.05) is 13.1 Å². The Morgan fingerprint density at radius 2 is 1.61 bits per heavy atom. The molecule has 23 heavy (non-hydrogen) atoms. The quantitative estimate of drug-likeness (QED) is 0.777. The van der Waals surface area contributed by atoms with Gasteiger partial charge in [0.25, 0.3) is 0 Å². The second-order valence-electron chi connectivity index (χ2n) is 5.99. The predicted molar refractivity (Wildman–Crippen MR) is 92.1 cm³/mol. The van der Waals surface area contributed by atoms with Gasteiger partial charge in [-0.15, -0.1) is 0 Å². The molecule has 1 saturated heterocycles. The molecule has 2 N–H and O–H groups in total. The third kappa shape index (κ3) is 2.78. The number of benzene rings is 1. The average Bonchev–Trinajstić information content (AvgIpc) is 3.09. The summed E-state index contributed by atoms with van der Waals surface area (Å²) in [7, 11) is 0. The molecular formula is C19H20N4. The maximum absolute atomic E-state index is 4.67. The zero-order valence-electron chi connectivity index (χ0n) is 13.0. The smallest absolute Gasteiger partial charge is 0.100 e. The standard InChI is InChI=1S/C19H20N4/c1-2-4-15(5-3-1)18-17(14-6-10-20-11-7-14)19(23-22-18)16-8-12-21-13-9-16/h1-7,10-11,16,21H,8-9,12-13H2,(H,22,23). The maximum atomic E-state index is 4.67. The first-order valence-corrected chi connectivity index (χ1v) is 8.18. The van der Waals surface area contributed by atoms with Crippen molar-refractivity contribution in [3.63, 3.8) is 0 Å². The molecule has 0 bridgehead atoms. The van der Waals surface area contributed by atoms with E-state index in [-0.39, 0.29) is 0 Å². The lowest BCUT2D eigenvalue weighted by molar-refractivity contribution is 0.453. The largest absolute Gasteiger partial charge is 0.317 e. The molecule has 0 radical (unpaired) electrons. The van der Waals surface area contributed by atoms with E-state index >= 15 is 0 Å². The minimum atomic E-state index is 0.532. The van der Waals surface area contributed by atoms with Gasteiger partial charge < -0.3 is 5.32 Å². The summed E-state index contributed by atoms with van der Waals surface area (Å²) in [6.07, 6.45) is 6.00. The molecular weight excluding hydrogens is 284 g/mol. The summed E-state index contributed by atoms with van der Waals surface area (Å²) in [6.45, 7) is 2.14. The van der Waals surface area contributed by atoms with Crippen LogP contribution in [0.5, 0.6) is 0 Å². The van der Waals surface area contributed by atoms with E-state index in [9.17, 15) is 0 Å². The topological polar surface area (TPSA) is 53.6 Å². The first-order valence-electron chi connectivity index (χ1n) is 8.18. The number of nitrogens with zero attached hydrogens (tertiary/aromatic N) is 2. The molecule has 0 unspecified atom stereocenters. The number of nitrogens with one attached hydrogen (secondary N) is 2. The zero-order chi connectivity index (χ0) is 15.5. The van der Waals surface area contributed by atoms with Gasteiger partial charge in [-0.2, -0.15) is 5.10 Å². The van der Waals surface area contributed by atoms with Crippen molar-refractivity contribution >= 4 is 0 Å². The lowest BCUT2D eigenvalue weighted by atomic mass is 9.88. The van der Waals surface area contributed by atoms with E-state index in [1.54, 1.807) is 0 Å². The van der Waals surface area contributed by atoms with Gasteiger partial charge in [0, 0.05) is 35.1 Å². The summed E-state index contributed by atoms with van der Waals surface area (Å²) in [5.41, 5.74) is 5.85. The van der Waals surface area contributed by atoms with Gasteiger partial charge in [0.15, 0.2) is 0 Å². The summed E-state index contributed by atoms with van der Waals surface area (Å²) in [5.74, 6) is 0.532. The molecule has 3 heterocycles. The van der Waals surface area contributed by atoms with E-state index in [0.717, 1.165) is 37.2 Å². The lowest BCUT2D eigenvalue weighted by Crippen LogP contribution is -2.27. The molecule has 4 nitrogen and oxygen atoms in total. The number of hydrogen-bond donors (Lipinski definition) is 2. The van der Waals surface area contributed by atoms with Crippen LogP contribution in [0.25, 0.3) is 22.4 Å². The molecule has 1 aliphatic heterocycles. The Balaban J connectivity index is 1.85. The van der Waals surface area contributed by atoms with E-state index < -0.39 is 0 Å². The Hall–Kier alpha value is -2.46. The van der Waals surface area contributed by atoms with Crippen LogP contribution in [0.2, 0.25) is 0 Å². The summed E-state index contributed by atoms with van der Waals surface area (Å²) in [5, 5.41) is 11.5. The van der Waals surface area contributed by atoms with Crippen LogP contribution in [0, 0.1) is 0 Å². The van der Waals surface area contributed by atoms with E-state index in [0.29, 0.717) is 5.92 Å². The highest BCUT2D eigenvalue weighted by atomic mass is 15.1. The predicted octanol–water partition coefficient (Wildman–Crippen LogP) is 3.61. The van der Waals surface area contributed by atoms with Crippen LogP contribution >= 0.6 is 0 Å². The van der Waals surface area contributed by atoms with Gasteiger partial charge in [-0.3, -0.25) is 10.1 Å². The molecule has 1 fully saturated rings. The molecule has 4 heteroatoms. The van der Waals surface area contributed by atoms with Crippen LogP contribution in [-0.4, -0.2) is 28.3 Å². The highest BCUT2D eigenvalue weighted by Gasteiger charge is 2.24. The minimum Gasteiger partial charge on any atom is -0.317 e. The molecule has 0 amide bonds. The van der Waals surface area contributed by atoms with Gasteiger partial charge in [0.05, 0.1) is 0 Å². The highest BCUT2D eigenvalue weighted by molar-refractivity contribution is 5.82. The van der Waals surface area contributed by atoms with E-state index in [2.05, 4.69) is 56.9 Å². The number of aromatic nitrogens is 3. The summed E-state index contributed by atoms with van der Waals surface area (Å²) < 4.78 is 0. The van der Waals surface area contributed by atoms with Gasteiger partial charge in [-0.1, -0.05) is 30.3 Å². The van der Waals surface area contributed by atoms with Crippen molar-refractivity contribution in [1.82, 2.24) is 20.5 Å². The molecule has 0 atom stereocenters. The highest BCUT2D eigenvalue weighted by Crippen LogP contribution is 2.38. The summed E-state index contributed by atoms with van der Waals surface area (Å²) in [4.78, 5) is 4.16. The first kappa shape index (κ1) is 14.2. The number of rotatable bonds is 3. The van der Waals surface area contributed by atoms with Crippen LogP contribution < -0.4 is 5.32 Å². The monoisotopic (exact) mass is 304 g/mol. The van der Waals surface area contributed by atoms with E-state index in [1.807, 2.05) is 18.5 Å². The molecule has 4 rings (SSSR count). The Labute approximate surface area is 136 Å². The maximum Gasteiger partial charge on any atom is 0.100 e. The van der Waals surface area contributed by atoms with Gasteiger partial charge >= 0.3 is 0 Å². The molecule has 3 aromatic rings. The molecule has 116 valence electrons. The third-order valence-electron chi connectivity index (χ3n) is 4.56. The SMILES string of the molecule is c1ccc(-c2n[nH]c(C3CCNCC3)c2-c2ccncc2)cc1. The fourth-order valence-electron chi connectivity index (χ4n) is 3.38. The van der Waals surface area contributed by atoms with E-state index in [4.69, 9.17) is 0 Å².